The molecular weight excluding hydrogens is 266 g/mol. The third-order valence-electron chi connectivity index (χ3n) is 2.72. The zero-order chi connectivity index (χ0) is 11.7. The molecule has 2 nitrogen and oxygen atoms in total. The molecule has 0 heterocycles. The lowest BCUT2D eigenvalue weighted by molar-refractivity contribution is 0.155. The van der Waals surface area contributed by atoms with Crippen molar-refractivity contribution in [2.75, 3.05) is 0 Å². The van der Waals surface area contributed by atoms with Gasteiger partial charge in [0.15, 0.2) is 0 Å². The van der Waals surface area contributed by atoms with Gasteiger partial charge >= 0.3 is 0 Å². The van der Waals surface area contributed by atoms with Crippen molar-refractivity contribution in [1.29, 1.82) is 0 Å². The molecule has 16 heavy (non-hydrogen) atoms. The zero-order valence-electron chi connectivity index (χ0n) is 9.02. The van der Waals surface area contributed by atoms with Crippen LogP contribution in [-0.4, -0.2) is 11.1 Å². The highest BCUT2D eigenvalue weighted by Crippen LogP contribution is 2.30. The summed E-state index contributed by atoms with van der Waals surface area (Å²) < 4.78 is 1.03. The maximum atomic E-state index is 10.0. The Hall–Kier alpha value is -0.900. The SMILES string of the molecule is C[C@H](N)[C@H](O)c1cccc2c(Br)cccc12. The van der Waals surface area contributed by atoms with Crippen LogP contribution in [0.5, 0.6) is 0 Å². The van der Waals surface area contributed by atoms with Crippen LogP contribution < -0.4 is 5.73 Å². The van der Waals surface area contributed by atoms with Gasteiger partial charge < -0.3 is 10.8 Å². The summed E-state index contributed by atoms with van der Waals surface area (Å²) in [5.41, 5.74) is 6.62. The molecule has 0 aliphatic carbocycles. The first kappa shape index (κ1) is 11.6. The number of hydrogen-bond acceptors (Lipinski definition) is 2. The minimum atomic E-state index is -0.627. The predicted octanol–water partition coefficient (Wildman–Crippen LogP) is 2.98. The number of halogens is 1. The average molecular weight is 280 g/mol. The Labute approximate surface area is 103 Å². The monoisotopic (exact) mass is 279 g/mol. The van der Waals surface area contributed by atoms with E-state index in [0.29, 0.717) is 0 Å². The number of benzene rings is 2. The lowest BCUT2D eigenvalue weighted by Gasteiger charge is -2.17. The molecule has 0 aliphatic rings. The van der Waals surface area contributed by atoms with Crippen molar-refractivity contribution in [3.8, 4) is 0 Å². The minimum absolute atomic E-state index is 0.274. The first-order chi connectivity index (χ1) is 7.61. The van der Waals surface area contributed by atoms with Crippen LogP contribution in [0, 0.1) is 0 Å². The lowest BCUT2D eigenvalue weighted by Crippen LogP contribution is -2.24. The molecule has 0 aliphatic heterocycles. The fourth-order valence-corrected chi connectivity index (χ4v) is 2.34. The minimum Gasteiger partial charge on any atom is -0.387 e. The largest absolute Gasteiger partial charge is 0.387 e. The highest BCUT2D eigenvalue weighted by molar-refractivity contribution is 9.10. The molecule has 2 atom stereocenters. The molecule has 0 fully saturated rings. The van der Waals surface area contributed by atoms with Crippen LogP contribution in [0.15, 0.2) is 40.9 Å². The third-order valence-corrected chi connectivity index (χ3v) is 3.41. The summed E-state index contributed by atoms with van der Waals surface area (Å²) in [4.78, 5) is 0. The molecule has 3 N–H and O–H groups in total. The highest BCUT2D eigenvalue weighted by Gasteiger charge is 2.15. The Balaban J connectivity index is 2.67. The van der Waals surface area contributed by atoms with Crippen LogP contribution in [0.2, 0.25) is 0 Å². The smallest absolute Gasteiger partial charge is 0.0944 e. The van der Waals surface area contributed by atoms with E-state index in [1.807, 2.05) is 43.3 Å². The van der Waals surface area contributed by atoms with Crippen LogP contribution >= 0.6 is 15.9 Å². The van der Waals surface area contributed by atoms with Crippen LogP contribution in [0.3, 0.4) is 0 Å². The Kier molecular flexibility index (Phi) is 3.28. The Morgan fingerprint density at radius 2 is 1.75 bits per heavy atom. The second-order valence-corrected chi connectivity index (χ2v) is 4.84. The summed E-state index contributed by atoms with van der Waals surface area (Å²) in [6.45, 7) is 1.81. The number of hydrogen-bond donors (Lipinski definition) is 2. The third kappa shape index (κ3) is 1.98. The van der Waals surface area contributed by atoms with Crippen LogP contribution in [0.25, 0.3) is 10.8 Å². The maximum Gasteiger partial charge on any atom is 0.0944 e. The Bertz CT molecular complexity index is 510. The van der Waals surface area contributed by atoms with Gasteiger partial charge in [0.05, 0.1) is 6.10 Å². The summed E-state index contributed by atoms with van der Waals surface area (Å²) in [5.74, 6) is 0. The van der Waals surface area contributed by atoms with Crippen LogP contribution in [0.1, 0.15) is 18.6 Å². The van der Waals surface area contributed by atoms with Crippen molar-refractivity contribution < 1.29 is 5.11 Å². The summed E-state index contributed by atoms with van der Waals surface area (Å²) in [5, 5.41) is 12.2. The number of aliphatic hydroxyl groups excluding tert-OH is 1. The van der Waals surface area contributed by atoms with Crippen molar-refractivity contribution in [1.82, 2.24) is 0 Å². The first-order valence-electron chi connectivity index (χ1n) is 5.22. The topological polar surface area (TPSA) is 46.2 Å². The highest BCUT2D eigenvalue weighted by atomic mass is 79.9. The molecule has 0 bridgehead atoms. The van der Waals surface area contributed by atoms with Crippen molar-refractivity contribution >= 4 is 26.7 Å². The number of fused-ring (bicyclic) bond motifs is 1. The van der Waals surface area contributed by atoms with E-state index in [2.05, 4.69) is 15.9 Å². The van der Waals surface area contributed by atoms with Gasteiger partial charge in [-0.1, -0.05) is 46.3 Å². The molecule has 0 saturated heterocycles. The van der Waals surface area contributed by atoms with E-state index in [1.54, 1.807) is 0 Å². The van der Waals surface area contributed by atoms with Gasteiger partial charge in [0.1, 0.15) is 0 Å². The van der Waals surface area contributed by atoms with Gasteiger partial charge in [0.25, 0.3) is 0 Å². The van der Waals surface area contributed by atoms with Gasteiger partial charge in [-0.15, -0.1) is 0 Å². The van der Waals surface area contributed by atoms with Crippen molar-refractivity contribution in [2.24, 2.45) is 5.73 Å². The van der Waals surface area contributed by atoms with Crippen LogP contribution in [-0.2, 0) is 0 Å². The number of aliphatic hydroxyl groups is 1. The molecule has 0 spiro atoms. The molecule has 0 unspecified atom stereocenters. The zero-order valence-corrected chi connectivity index (χ0v) is 10.6. The van der Waals surface area contributed by atoms with Gasteiger partial charge in [-0.3, -0.25) is 0 Å². The number of nitrogens with two attached hydrogens (primary N) is 1. The van der Waals surface area contributed by atoms with Gasteiger partial charge in [-0.05, 0) is 29.3 Å². The van der Waals surface area contributed by atoms with Crippen molar-refractivity contribution in [2.45, 2.75) is 19.1 Å². The molecule has 0 aromatic heterocycles. The van der Waals surface area contributed by atoms with Gasteiger partial charge in [0, 0.05) is 10.5 Å². The fraction of sp³-hybridized carbons (Fsp3) is 0.231. The Morgan fingerprint density at radius 3 is 2.44 bits per heavy atom. The normalized spacial score (nSPS) is 15.0. The van der Waals surface area contributed by atoms with Crippen LogP contribution in [0.4, 0.5) is 0 Å². The van der Waals surface area contributed by atoms with Crippen molar-refractivity contribution in [3.05, 3.63) is 46.4 Å². The van der Waals surface area contributed by atoms with Gasteiger partial charge in [-0.25, -0.2) is 0 Å². The van der Waals surface area contributed by atoms with E-state index in [9.17, 15) is 5.11 Å². The van der Waals surface area contributed by atoms with E-state index in [0.717, 1.165) is 20.8 Å². The van der Waals surface area contributed by atoms with Gasteiger partial charge in [0.2, 0.25) is 0 Å². The molecule has 0 amide bonds. The lowest BCUT2D eigenvalue weighted by atomic mass is 9.97. The first-order valence-corrected chi connectivity index (χ1v) is 6.01. The molecule has 0 radical (unpaired) electrons. The maximum absolute atomic E-state index is 10.0. The average Bonchev–Trinajstić information content (AvgIpc) is 2.28. The summed E-state index contributed by atoms with van der Waals surface area (Å²) >= 11 is 3.50. The molecule has 2 aromatic carbocycles. The van der Waals surface area contributed by atoms with Crippen molar-refractivity contribution in [3.63, 3.8) is 0 Å². The Morgan fingerprint density at radius 1 is 1.12 bits per heavy atom. The fourth-order valence-electron chi connectivity index (χ4n) is 1.84. The summed E-state index contributed by atoms with van der Waals surface area (Å²) in [7, 11) is 0. The van der Waals surface area contributed by atoms with E-state index >= 15 is 0 Å². The molecule has 84 valence electrons. The molecule has 3 heteroatoms. The van der Waals surface area contributed by atoms with E-state index in [1.165, 1.54) is 0 Å². The standard InChI is InChI=1S/C13H14BrNO/c1-8(15)13(16)11-6-2-5-10-9(11)4-3-7-12(10)14/h2-8,13,16H,15H2,1H3/t8-,13-/m0/s1. The van der Waals surface area contributed by atoms with E-state index in [-0.39, 0.29) is 6.04 Å². The summed E-state index contributed by atoms with van der Waals surface area (Å²) in [6, 6.07) is 11.6. The molecule has 0 saturated carbocycles. The molecule has 2 rings (SSSR count). The molecular formula is C13H14BrNO. The predicted molar refractivity (Wildman–Crippen MR) is 70.3 cm³/mol. The quantitative estimate of drug-likeness (QED) is 0.888. The van der Waals surface area contributed by atoms with E-state index < -0.39 is 6.10 Å². The molecule has 2 aromatic rings. The van der Waals surface area contributed by atoms with E-state index in [4.69, 9.17) is 5.73 Å². The summed E-state index contributed by atoms with van der Waals surface area (Å²) in [6.07, 6.45) is -0.627. The van der Waals surface area contributed by atoms with Gasteiger partial charge in [-0.2, -0.15) is 0 Å². The number of rotatable bonds is 2. The second kappa shape index (κ2) is 4.53. The second-order valence-electron chi connectivity index (χ2n) is 3.99.